The fourth-order valence-electron chi connectivity index (χ4n) is 2.64. The SMILES string of the molecule is Cc1ccccc1C(=O)c1cccn1CC(=O)NCc1cccnc1. The Bertz CT molecular complexity index is 885. The number of aromatic nitrogens is 2. The number of benzene rings is 1. The molecule has 3 aromatic rings. The number of amides is 1. The predicted molar refractivity (Wildman–Crippen MR) is 95.1 cm³/mol. The molecule has 0 bridgehead atoms. The monoisotopic (exact) mass is 333 g/mol. The van der Waals surface area contributed by atoms with Gasteiger partial charge in [-0.2, -0.15) is 0 Å². The molecular formula is C20H19N3O2. The first-order valence-corrected chi connectivity index (χ1v) is 8.06. The molecule has 0 fully saturated rings. The van der Waals surface area contributed by atoms with Crippen molar-refractivity contribution in [3.63, 3.8) is 0 Å². The van der Waals surface area contributed by atoms with Gasteiger partial charge in [0.1, 0.15) is 6.54 Å². The zero-order valence-corrected chi connectivity index (χ0v) is 14.0. The minimum atomic E-state index is -0.154. The van der Waals surface area contributed by atoms with Gasteiger partial charge in [0.25, 0.3) is 0 Å². The Morgan fingerprint density at radius 3 is 2.68 bits per heavy atom. The van der Waals surface area contributed by atoms with E-state index in [0.717, 1.165) is 11.1 Å². The fourth-order valence-corrected chi connectivity index (χ4v) is 2.64. The summed E-state index contributed by atoms with van der Waals surface area (Å²) in [6.45, 7) is 2.41. The van der Waals surface area contributed by atoms with Crippen molar-refractivity contribution in [2.45, 2.75) is 20.0 Å². The van der Waals surface area contributed by atoms with Crippen LogP contribution in [-0.4, -0.2) is 21.2 Å². The third kappa shape index (κ3) is 4.01. The summed E-state index contributed by atoms with van der Waals surface area (Å²) < 4.78 is 1.67. The Balaban J connectivity index is 1.68. The smallest absolute Gasteiger partial charge is 0.240 e. The van der Waals surface area contributed by atoms with E-state index in [9.17, 15) is 9.59 Å². The summed E-state index contributed by atoms with van der Waals surface area (Å²) in [4.78, 5) is 29.0. The van der Waals surface area contributed by atoms with E-state index in [4.69, 9.17) is 0 Å². The van der Waals surface area contributed by atoms with E-state index >= 15 is 0 Å². The van der Waals surface area contributed by atoms with Crippen molar-refractivity contribution in [2.75, 3.05) is 0 Å². The number of pyridine rings is 1. The molecule has 0 aliphatic rings. The van der Waals surface area contributed by atoms with Gasteiger partial charge < -0.3 is 9.88 Å². The lowest BCUT2D eigenvalue weighted by Crippen LogP contribution is -2.28. The number of rotatable bonds is 6. The minimum Gasteiger partial charge on any atom is -0.350 e. The van der Waals surface area contributed by atoms with Crippen LogP contribution >= 0.6 is 0 Å². The third-order valence-electron chi connectivity index (χ3n) is 3.98. The van der Waals surface area contributed by atoms with Crippen molar-refractivity contribution in [1.29, 1.82) is 0 Å². The van der Waals surface area contributed by atoms with Crippen LogP contribution < -0.4 is 5.32 Å². The molecule has 2 aromatic heterocycles. The molecule has 1 aromatic carbocycles. The second-order valence-corrected chi connectivity index (χ2v) is 5.80. The van der Waals surface area contributed by atoms with Gasteiger partial charge in [0.15, 0.2) is 0 Å². The van der Waals surface area contributed by atoms with Crippen LogP contribution in [0.15, 0.2) is 67.1 Å². The quantitative estimate of drug-likeness (QED) is 0.706. The fraction of sp³-hybridized carbons (Fsp3) is 0.150. The lowest BCUT2D eigenvalue weighted by atomic mass is 10.0. The van der Waals surface area contributed by atoms with Crippen LogP contribution in [0.25, 0.3) is 0 Å². The van der Waals surface area contributed by atoms with Gasteiger partial charge in [0, 0.05) is 30.7 Å². The van der Waals surface area contributed by atoms with Gasteiger partial charge in [0.05, 0.1) is 5.69 Å². The molecule has 0 saturated carbocycles. The average Bonchev–Trinajstić information content (AvgIpc) is 3.09. The number of carbonyl (C=O) groups is 2. The molecule has 0 radical (unpaired) electrons. The van der Waals surface area contributed by atoms with Gasteiger partial charge in [-0.05, 0) is 36.2 Å². The second-order valence-electron chi connectivity index (χ2n) is 5.80. The van der Waals surface area contributed by atoms with E-state index in [-0.39, 0.29) is 18.2 Å². The highest BCUT2D eigenvalue weighted by Crippen LogP contribution is 2.14. The van der Waals surface area contributed by atoms with Crippen LogP contribution in [0.5, 0.6) is 0 Å². The van der Waals surface area contributed by atoms with Gasteiger partial charge in [0.2, 0.25) is 11.7 Å². The molecule has 0 aliphatic heterocycles. The number of nitrogens with zero attached hydrogens (tertiary/aromatic N) is 2. The van der Waals surface area contributed by atoms with Crippen LogP contribution in [0.2, 0.25) is 0 Å². The summed E-state index contributed by atoms with van der Waals surface area (Å²) in [5, 5.41) is 2.84. The van der Waals surface area contributed by atoms with Crippen molar-refractivity contribution >= 4 is 11.7 Å². The molecule has 1 amide bonds. The molecule has 5 heteroatoms. The Hall–Kier alpha value is -3.21. The van der Waals surface area contributed by atoms with E-state index < -0.39 is 0 Å². The summed E-state index contributed by atoms with van der Waals surface area (Å²) in [5.74, 6) is -0.234. The summed E-state index contributed by atoms with van der Waals surface area (Å²) in [6.07, 6.45) is 5.15. The highest BCUT2D eigenvalue weighted by molar-refractivity contribution is 6.09. The summed E-state index contributed by atoms with van der Waals surface area (Å²) >= 11 is 0. The number of nitrogens with one attached hydrogen (secondary N) is 1. The van der Waals surface area contributed by atoms with Crippen LogP contribution in [-0.2, 0) is 17.9 Å². The standard InChI is InChI=1S/C20H19N3O2/c1-15-6-2-3-8-17(15)20(25)18-9-5-11-23(18)14-19(24)22-13-16-7-4-10-21-12-16/h2-12H,13-14H2,1H3,(H,22,24). The first kappa shape index (κ1) is 16.6. The van der Waals surface area contributed by atoms with E-state index in [2.05, 4.69) is 10.3 Å². The molecule has 25 heavy (non-hydrogen) atoms. The molecule has 0 atom stereocenters. The van der Waals surface area contributed by atoms with Crippen molar-refractivity contribution in [3.8, 4) is 0 Å². The van der Waals surface area contributed by atoms with Crippen LogP contribution in [0.3, 0.4) is 0 Å². The van der Waals surface area contributed by atoms with Crippen LogP contribution in [0.1, 0.15) is 27.2 Å². The molecule has 1 N–H and O–H groups in total. The molecule has 126 valence electrons. The van der Waals surface area contributed by atoms with Gasteiger partial charge >= 0.3 is 0 Å². The van der Waals surface area contributed by atoms with Crippen LogP contribution in [0, 0.1) is 6.92 Å². The zero-order chi connectivity index (χ0) is 17.6. The van der Waals surface area contributed by atoms with Crippen LogP contribution in [0.4, 0.5) is 0 Å². The normalized spacial score (nSPS) is 10.4. The molecule has 2 heterocycles. The topological polar surface area (TPSA) is 64.0 Å². The number of carbonyl (C=O) groups excluding carboxylic acids is 2. The average molecular weight is 333 g/mol. The maximum atomic E-state index is 12.7. The predicted octanol–water partition coefficient (Wildman–Crippen LogP) is 2.74. The minimum absolute atomic E-state index is 0.0804. The maximum Gasteiger partial charge on any atom is 0.240 e. The molecule has 0 aliphatic carbocycles. The number of ketones is 1. The second kappa shape index (κ2) is 7.57. The molecule has 0 saturated heterocycles. The Kier molecular flexibility index (Phi) is 5.04. The first-order valence-electron chi connectivity index (χ1n) is 8.06. The third-order valence-corrected chi connectivity index (χ3v) is 3.98. The Morgan fingerprint density at radius 2 is 1.92 bits per heavy atom. The summed E-state index contributed by atoms with van der Waals surface area (Å²) in [7, 11) is 0. The first-order chi connectivity index (χ1) is 12.1. The van der Waals surface area contributed by atoms with E-state index in [0.29, 0.717) is 17.8 Å². The maximum absolute atomic E-state index is 12.7. The Labute approximate surface area is 146 Å². The van der Waals surface area contributed by atoms with Crippen molar-refractivity contribution in [1.82, 2.24) is 14.9 Å². The Morgan fingerprint density at radius 1 is 1.08 bits per heavy atom. The van der Waals surface area contributed by atoms with Crippen molar-refractivity contribution < 1.29 is 9.59 Å². The largest absolute Gasteiger partial charge is 0.350 e. The molecule has 5 nitrogen and oxygen atoms in total. The summed E-state index contributed by atoms with van der Waals surface area (Å²) in [6, 6.07) is 14.7. The lowest BCUT2D eigenvalue weighted by molar-refractivity contribution is -0.121. The molecule has 0 spiro atoms. The van der Waals surface area contributed by atoms with Gasteiger partial charge in [-0.1, -0.05) is 30.3 Å². The highest BCUT2D eigenvalue weighted by atomic mass is 16.2. The number of hydrogen-bond donors (Lipinski definition) is 1. The summed E-state index contributed by atoms with van der Waals surface area (Å²) in [5.41, 5.74) is 3.00. The highest BCUT2D eigenvalue weighted by Gasteiger charge is 2.16. The van der Waals surface area contributed by atoms with Gasteiger partial charge in [-0.25, -0.2) is 0 Å². The van der Waals surface area contributed by atoms with Crippen molar-refractivity contribution in [3.05, 3.63) is 89.5 Å². The molecule has 3 rings (SSSR count). The lowest BCUT2D eigenvalue weighted by Gasteiger charge is -2.10. The molecular weight excluding hydrogens is 314 g/mol. The number of hydrogen-bond acceptors (Lipinski definition) is 3. The van der Waals surface area contributed by atoms with Crippen molar-refractivity contribution in [2.24, 2.45) is 0 Å². The van der Waals surface area contributed by atoms with Gasteiger partial charge in [-0.15, -0.1) is 0 Å². The zero-order valence-electron chi connectivity index (χ0n) is 14.0. The van der Waals surface area contributed by atoms with Gasteiger partial charge in [-0.3, -0.25) is 14.6 Å². The number of aryl methyl sites for hydroxylation is 1. The van der Waals surface area contributed by atoms with E-state index in [1.54, 1.807) is 41.4 Å². The molecule has 0 unspecified atom stereocenters. The van der Waals surface area contributed by atoms with E-state index in [1.165, 1.54) is 0 Å². The van der Waals surface area contributed by atoms with E-state index in [1.807, 2.05) is 37.3 Å².